The van der Waals surface area contributed by atoms with Crippen LogP contribution in [0.25, 0.3) is 10.8 Å². The number of nitrogen functional groups attached to an aromatic ring is 3. The fourth-order valence-electron chi connectivity index (χ4n) is 1.70. The number of phenols is 1. The zero-order valence-corrected chi connectivity index (χ0v) is 12.1. The van der Waals surface area contributed by atoms with E-state index in [1.165, 1.54) is 12.1 Å². The van der Waals surface area contributed by atoms with Crippen LogP contribution in [0, 0.1) is 0 Å². The molecule has 0 amide bonds. The monoisotopic (exact) mass is 334 g/mol. The first-order valence-electron chi connectivity index (χ1n) is 5.39. The summed E-state index contributed by atoms with van der Waals surface area (Å²) >= 11 is 0. The van der Waals surface area contributed by atoms with E-state index >= 15 is 0 Å². The highest BCUT2D eigenvalue weighted by Gasteiger charge is 2.20. The van der Waals surface area contributed by atoms with E-state index in [0.717, 1.165) is 6.07 Å². The number of fused-ring (bicyclic) bond motifs is 1. The second kappa shape index (κ2) is 7.60. The van der Waals surface area contributed by atoms with E-state index in [4.69, 9.17) is 27.0 Å². The van der Waals surface area contributed by atoms with Gasteiger partial charge in [0.05, 0.1) is 17.1 Å². The average molecular weight is 334 g/mol. The molecule has 12 heteroatoms. The summed E-state index contributed by atoms with van der Waals surface area (Å²) in [5, 5.41) is 16.8. The van der Waals surface area contributed by atoms with Gasteiger partial charge in [-0.1, -0.05) is 0 Å². The van der Waals surface area contributed by atoms with Crippen molar-refractivity contribution < 1.29 is 23.3 Å². The highest BCUT2D eigenvalue weighted by Crippen LogP contribution is 2.39. The topological polar surface area (TPSA) is 251 Å². The van der Waals surface area contributed by atoms with Crippen LogP contribution in [-0.2, 0) is 10.1 Å². The van der Waals surface area contributed by atoms with Crippen LogP contribution in [0.5, 0.6) is 5.75 Å². The molecule has 0 unspecified atom stereocenters. The highest BCUT2D eigenvalue weighted by atomic mass is 32.2. The number of nitrogens with two attached hydrogens (primary N) is 6. The van der Waals surface area contributed by atoms with Crippen molar-refractivity contribution >= 4 is 38.0 Å². The first kappa shape index (κ1) is 19.7. The SMILES string of the molecule is NN.NO.Nc1ccc2c(O)c(N)c(S(=O)(=O)O)cc2c1N. The fraction of sp³-hybridized carbons (Fsp3) is 0. The van der Waals surface area contributed by atoms with Crippen molar-refractivity contribution in [2.24, 2.45) is 17.6 Å². The molecule has 124 valence electrons. The van der Waals surface area contributed by atoms with Crippen LogP contribution in [0.15, 0.2) is 23.1 Å². The van der Waals surface area contributed by atoms with Crippen molar-refractivity contribution in [3.8, 4) is 5.75 Å². The molecule has 0 spiro atoms. The number of hydrogen-bond donors (Lipinski definition) is 9. The van der Waals surface area contributed by atoms with Gasteiger partial charge in [-0.25, -0.2) is 5.90 Å². The second-order valence-electron chi connectivity index (χ2n) is 3.78. The van der Waals surface area contributed by atoms with E-state index in [1.54, 1.807) is 0 Å². The first-order valence-corrected chi connectivity index (χ1v) is 6.83. The van der Waals surface area contributed by atoms with Gasteiger partial charge in [-0.15, -0.1) is 0 Å². The zero-order valence-electron chi connectivity index (χ0n) is 11.3. The molecule has 0 aliphatic carbocycles. The lowest BCUT2D eigenvalue weighted by Gasteiger charge is -2.11. The fourth-order valence-corrected chi connectivity index (χ4v) is 2.34. The lowest BCUT2D eigenvalue weighted by Crippen LogP contribution is -2.05. The third-order valence-corrected chi connectivity index (χ3v) is 3.54. The summed E-state index contributed by atoms with van der Waals surface area (Å²) < 4.78 is 31.3. The molecule has 0 atom stereocenters. The van der Waals surface area contributed by atoms with Gasteiger partial charge in [0.15, 0.2) is 0 Å². The largest absolute Gasteiger partial charge is 0.505 e. The van der Waals surface area contributed by atoms with Gasteiger partial charge in [-0.05, 0) is 18.2 Å². The molecule has 2 aromatic rings. The van der Waals surface area contributed by atoms with E-state index in [9.17, 15) is 13.5 Å². The predicted octanol–water partition coefficient (Wildman–Crippen LogP) is -1.31. The number of anilines is 3. The van der Waals surface area contributed by atoms with Crippen molar-refractivity contribution in [3.05, 3.63) is 18.2 Å². The summed E-state index contributed by atoms with van der Waals surface area (Å²) in [6, 6.07) is 4.00. The molecule has 0 radical (unpaired) electrons. The lowest BCUT2D eigenvalue weighted by molar-refractivity contribution is 0.311. The zero-order chi connectivity index (χ0) is 17.7. The summed E-state index contributed by atoms with van der Waals surface area (Å²) in [5.74, 6) is 11.0. The Kier molecular flexibility index (Phi) is 6.79. The Morgan fingerprint density at radius 2 is 1.41 bits per heavy atom. The second-order valence-corrected chi connectivity index (χ2v) is 5.17. The Bertz CT molecular complexity index is 764. The summed E-state index contributed by atoms with van der Waals surface area (Å²) in [4.78, 5) is -0.607. The van der Waals surface area contributed by atoms with Crippen LogP contribution in [0.2, 0.25) is 0 Å². The molecule has 11 nitrogen and oxygen atoms in total. The smallest absolute Gasteiger partial charge is 0.296 e. The van der Waals surface area contributed by atoms with Crippen LogP contribution in [0.3, 0.4) is 0 Å². The van der Waals surface area contributed by atoms with Gasteiger partial charge in [0, 0.05) is 10.8 Å². The molecule has 15 N–H and O–H groups in total. The lowest BCUT2D eigenvalue weighted by atomic mass is 10.1. The van der Waals surface area contributed by atoms with Gasteiger partial charge in [0.1, 0.15) is 10.6 Å². The van der Waals surface area contributed by atoms with Crippen molar-refractivity contribution in [1.29, 1.82) is 0 Å². The van der Waals surface area contributed by atoms with Crippen LogP contribution < -0.4 is 34.8 Å². The van der Waals surface area contributed by atoms with Crippen LogP contribution in [0.4, 0.5) is 17.1 Å². The summed E-state index contributed by atoms with van der Waals surface area (Å²) in [6.07, 6.45) is 0. The maximum absolute atomic E-state index is 11.1. The molecule has 2 aromatic carbocycles. The molecule has 0 bridgehead atoms. The summed E-state index contributed by atoms with van der Waals surface area (Å²) in [7, 11) is -4.56. The Morgan fingerprint density at radius 1 is 0.909 bits per heavy atom. The Hall–Kier alpha value is -2.35. The molecule has 0 fully saturated rings. The van der Waals surface area contributed by atoms with Gasteiger partial charge >= 0.3 is 0 Å². The number of hydrazine groups is 1. The van der Waals surface area contributed by atoms with Gasteiger partial charge in [-0.2, -0.15) is 8.42 Å². The van der Waals surface area contributed by atoms with Crippen LogP contribution >= 0.6 is 0 Å². The normalized spacial score (nSPS) is 10.2. The predicted molar refractivity (Wildman–Crippen MR) is 83.0 cm³/mol. The molecule has 0 aliphatic heterocycles. The van der Waals surface area contributed by atoms with Crippen molar-refractivity contribution in [3.63, 3.8) is 0 Å². The maximum atomic E-state index is 11.1. The van der Waals surface area contributed by atoms with E-state index in [-0.39, 0.29) is 22.1 Å². The number of benzene rings is 2. The number of phenolic OH excluding ortho intramolecular Hbond substituents is 1. The standard InChI is InChI=1S/C10H11N3O4S.H4N2.H3NO/c11-6-2-1-4-5(8(6)12)3-7(18(15,16)17)9(13)10(4)14;2*1-2/h1-3,14H,11-13H2,(H,15,16,17);1-2H2;2H,1H2. The van der Waals surface area contributed by atoms with Crippen molar-refractivity contribution in [2.45, 2.75) is 4.90 Å². The van der Waals surface area contributed by atoms with Gasteiger partial charge in [-0.3, -0.25) is 16.2 Å². The molecule has 0 saturated heterocycles. The molecule has 2 rings (SSSR count). The molecule has 0 saturated carbocycles. The molecular weight excluding hydrogens is 316 g/mol. The van der Waals surface area contributed by atoms with E-state index in [0.29, 0.717) is 0 Å². The van der Waals surface area contributed by atoms with E-state index in [1.807, 2.05) is 0 Å². The molecule has 0 heterocycles. The maximum Gasteiger partial charge on any atom is 0.296 e. The molecular formula is C10H18N6O5S. The minimum absolute atomic E-state index is 0.104. The van der Waals surface area contributed by atoms with Crippen molar-refractivity contribution in [2.75, 3.05) is 17.2 Å². The Balaban J connectivity index is 0.00000102. The number of rotatable bonds is 1. The van der Waals surface area contributed by atoms with Crippen LogP contribution in [0.1, 0.15) is 0 Å². The Labute approximate surface area is 125 Å². The molecule has 0 aromatic heterocycles. The minimum atomic E-state index is -4.56. The van der Waals surface area contributed by atoms with E-state index < -0.39 is 26.5 Å². The molecule has 22 heavy (non-hydrogen) atoms. The first-order chi connectivity index (χ1) is 10.2. The molecule has 0 aliphatic rings. The summed E-state index contributed by atoms with van der Waals surface area (Å²) in [6.45, 7) is 0. The number of hydrogen-bond acceptors (Lipinski definition) is 10. The highest BCUT2D eigenvalue weighted by molar-refractivity contribution is 7.86. The third kappa shape index (κ3) is 3.64. The number of aromatic hydroxyl groups is 1. The van der Waals surface area contributed by atoms with Gasteiger partial charge in [0.25, 0.3) is 10.1 Å². The van der Waals surface area contributed by atoms with Gasteiger partial charge < -0.3 is 27.5 Å². The van der Waals surface area contributed by atoms with Crippen LogP contribution in [-0.4, -0.2) is 23.3 Å². The summed E-state index contributed by atoms with van der Waals surface area (Å²) in [5.41, 5.74) is 16.6. The third-order valence-electron chi connectivity index (χ3n) is 2.65. The quantitative estimate of drug-likeness (QED) is 0.0972. The van der Waals surface area contributed by atoms with E-state index in [2.05, 4.69) is 17.6 Å². The average Bonchev–Trinajstić information content (AvgIpc) is 2.49. The van der Waals surface area contributed by atoms with Crippen molar-refractivity contribution in [1.82, 2.24) is 0 Å². The van der Waals surface area contributed by atoms with Gasteiger partial charge in [0.2, 0.25) is 0 Å². The Morgan fingerprint density at radius 3 is 1.86 bits per heavy atom. The minimum Gasteiger partial charge on any atom is -0.505 e.